The van der Waals surface area contributed by atoms with Gasteiger partial charge in [-0.3, -0.25) is 4.57 Å². The SMILES string of the molecule is BCCCCn1nc(C)n(C(C)C)c1=O. The van der Waals surface area contributed by atoms with E-state index < -0.39 is 0 Å². The van der Waals surface area contributed by atoms with E-state index in [1.54, 1.807) is 9.25 Å². The predicted octanol–water partition coefficient (Wildman–Crippen LogP) is 0.766. The molecule has 0 atom stereocenters. The van der Waals surface area contributed by atoms with Crippen molar-refractivity contribution in [2.45, 2.75) is 52.5 Å². The lowest BCUT2D eigenvalue weighted by molar-refractivity contribution is 0.521. The van der Waals surface area contributed by atoms with E-state index in [0.717, 1.165) is 25.2 Å². The monoisotopic (exact) mass is 209 g/mol. The van der Waals surface area contributed by atoms with Crippen molar-refractivity contribution in [3.63, 3.8) is 0 Å². The van der Waals surface area contributed by atoms with Crippen LogP contribution in [0.15, 0.2) is 4.79 Å². The molecule has 0 saturated carbocycles. The van der Waals surface area contributed by atoms with Gasteiger partial charge in [0.25, 0.3) is 0 Å². The second-order valence-electron chi connectivity index (χ2n) is 4.22. The summed E-state index contributed by atoms with van der Waals surface area (Å²) in [5, 5.41) is 4.27. The van der Waals surface area contributed by atoms with E-state index in [2.05, 4.69) is 12.9 Å². The number of aryl methyl sites for hydroxylation is 2. The van der Waals surface area contributed by atoms with Gasteiger partial charge < -0.3 is 0 Å². The Morgan fingerprint density at radius 2 is 2.07 bits per heavy atom. The quantitative estimate of drug-likeness (QED) is 0.530. The minimum absolute atomic E-state index is 0.0265. The molecule has 0 aromatic carbocycles. The van der Waals surface area contributed by atoms with E-state index in [0.29, 0.717) is 0 Å². The summed E-state index contributed by atoms with van der Waals surface area (Å²) < 4.78 is 3.33. The van der Waals surface area contributed by atoms with Gasteiger partial charge in [-0.05, 0) is 27.2 Å². The second-order valence-corrected chi connectivity index (χ2v) is 4.22. The number of unbranched alkanes of at least 4 members (excludes halogenated alkanes) is 1. The zero-order valence-electron chi connectivity index (χ0n) is 10.2. The third kappa shape index (κ3) is 2.73. The minimum atomic E-state index is 0.0265. The van der Waals surface area contributed by atoms with E-state index in [9.17, 15) is 4.79 Å². The van der Waals surface area contributed by atoms with Crippen molar-refractivity contribution >= 4 is 7.85 Å². The Bertz CT molecular complexity index is 367. The van der Waals surface area contributed by atoms with Crippen molar-refractivity contribution in [1.29, 1.82) is 0 Å². The Labute approximate surface area is 91.7 Å². The van der Waals surface area contributed by atoms with Crippen LogP contribution in [0.5, 0.6) is 0 Å². The standard InChI is InChI=1S/C10H20BN3O/c1-8(2)14-9(3)12-13(10(14)15)7-5-4-6-11/h8H,4-7,11H2,1-3H3. The van der Waals surface area contributed by atoms with E-state index in [4.69, 9.17) is 0 Å². The summed E-state index contributed by atoms with van der Waals surface area (Å²) in [4.78, 5) is 11.9. The molecular formula is C10H20BN3O. The fourth-order valence-electron chi connectivity index (χ4n) is 1.78. The highest BCUT2D eigenvalue weighted by Gasteiger charge is 2.11. The summed E-state index contributed by atoms with van der Waals surface area (Å²) in [5.74, 6) is 0.812. The van der Waals surface area contributed by atoms with Gasteiger partial charge in [-0.15, -0.1) is 0 Å². The number of hydrogen-bond donors (Lipinski definition) is 0. The Morgan fingerprint density at radius 3 is 2.53 bits per heavy atom. The van der Waals surface area contributed by atoms with Crippen LogP contribution in [0.4, 0.5) is 0 Å². The summed E-state index contributed by atoms with van der Waals surface area (Å²) >= 11 is 0. The van der Waals surface area contributed by atoms with Crippen LogP contribution in [0.1, 0.15) is 38.6 Å². The van der Waals surface area contributed by atoms with E-state index >= 15 is 0 Å². The first-order valence-electron chi connectivity index (χ1n) is 5.73. The molecule has 84 valence electrons. The maximum absolute atomic E-state index is 11.9. The van der Waals surface area contributed by atoms with Crippen molar-refractivity contribution < 1.29 is 0 Å². The summed E-state index contributed by atoms with van der Waals surface area (Å²) in [5.41, 5.74) is 0.0265. The van der Waals surface area contributed by atoms with Crippen molar-refractivity contribution in [1.82, 2.24) is 14.3 Å². The zero-order chi connectivity index (χ0) is 11.4. The predicted molar refractivity (Wildman–Crippen MR) is 64.2 cm³/mol. The highest BCUT2D eigenvalue weighted by molar-refractivity contribution is 6.08. The average Bonchev–Trinajstić information content (AvgIpc) is 2.42. The minimum Gasteiger partial charge on any atom is -0.277 e. The van der Waals surface area contributed by atoms with Gasteiger partial charge in [0.2, 0.25) is 0 Å². The molecule has 5 heteroatoms. The molecule has 0 spiro atoms. The van der Waals surface area contributed by atoms with Gasteiger partial charge in [0, 0.05) is 12.6 Å². The van der Waals surface area contributed by atoms with Crippen molar-refractivity contribution in [3.05, 3.63) is 16.3 Å². The van der Waals surface area contributed by atoms with Crippen LogP contribution in [-0.4, -0.2) is 22.2 Å². The molecule has 0 amide bonds. The van der Waals surface area contributed by atoms with Crippen molar-refractivity contribution in [3.8, 4) is 0 Å². The van der Waals surface area contributed by atoms with Crippen molar-refractivity contribution in [2.24, 2.45) is 0 Å². The van der Waals surface area contributed by atoms with Gasteiger partial charge in [-0.2, -0.15) is 5.10 Å². The van der Waals surface area contributed by atoms with Crippen LogP contribution in [0, 0.1) is 6.92 Å². The smallest absolute Gasteiger partial charge is 0.277 e. The Balaban J connectivity index is 2.83. The number of hydrogen-bond acceptors (Lipinski definition) is 2. The molecule has 0 N–H and O–H groups in total. The molecule has 0 aliphatic carbocycles. The first kappa shape index (κ1) is 12.1. The number of rotatable bonds is 5. The van der Waals surface area contributed by atoms with Crippen LogP contribution < -0.4 is 5.69 Å². The van der Waals surface area contributed by atoms with E-state index in [1.807, 2.05) is 20.8 Å². The van der Waals surface area contributed by atoms with Crippen LogP contribution in [-0.2, 0) is 6.54 Å². The van der Waals surface area contributed by atoms with Gasteiger partial charge in [0.1, 0.15) is 13.7 Å². The van der Waals surface area contributed by atoms with E-state index in [-0.39, 0.29) is 11.7 Å². The largest absolute Gasteiger partial charge is 0.346 e. The molecule has 4 nitrogen and oxygen atoms in total. The van der Waals surface area contributed by atoms with Crippen LogP contribution >= 0.6 is 0 Å². The summed E-state index contributed by atoms with van der Waals surface area (Å²) in [6.45, 7) is 6.64. The normalized spacial score (nSPS) is 11.2. The highest BCUT2D eigenvalue weighted by atomic mass is 16.2. The Morgan fingerprint density at radius 1 is 1.40 bits per heavy atom. The second kappa shape index (κ2) is 5.19. The molecule has 15 heavy (non-hydrogen) atoms. The molecule has 1 heterocycles. The lowest BCUT2D eigenvalue weighted by Gasteiger charge is -2.05. The number of nitrogens with zero attached hydrogens (tertiary/aromatic N) is 3. The summed E-state index contributed by atoms with van der Waals surface area (Å²) in [7, 11) is 2.15. The maximum Gasteiger partial charge on any atom is 0.346 e. The summed E-state index contributed by atoms with van der Waals surface area (Å²) in [6.07, 6.45) is 3.35. The van der Waals surface area contributed by atoms with Gasteiger partial charge in [-0.25, -0.2) is 9.48 Å². The third-order valence-corrected chi connectivity index (χ3v) is 2.53. The molecule has 0 aliphatic heterocycles. The Hall–Kier alpha value is -0.995. The summed E-state index contributed by atoms with van der Waals surface area (Å²) in [6, 6.07) is 0.192. The van der Waals surface area contributed by atoms with Crippen LogP contribution in [0.2, 0.25) is 6.32 Å². The average molecular weight is 209 g/mol. The molecule has 0 bridgehead atoms. The van der Waals surface area contributed by atoms with Crippen LogP contribution in [0.3, 0.4) is 0 Å². The molecule has 0 fully saturated rings. The number of aromatic nitrogens is 3. The molecule has 0 aliphatic rings. The molecule has 1 aromatic heterocycles. The van der Waals surface area contributed by atoms with Crippen LogP contribution in [0.25, 0.3) is 0 Å². The lowest BCUT2D eigenvalue weighted by Crippen LogP contribution is -2.26. The molecular weight excluding hydrogens is 189 g/mol. The fraction of sp³-hybridized carbons (Fsp3) is 0.800. The first-order valence-corrected chi connectivity index (χ1v) is 5.73. The van der Waals surface area contributed by atoms with E-state index in [1.165, 1.54) is 6.32 Å². The maximum atomic E-state index is 11.9. The van der Waals surface area contributed by atoms with Gasteiger partial charge in [0.15, 0.2) is 0 Å². The van der Waals surface area contributed by atoms with Gasteiger partial charge >= 0.3 is 5.69 Å². The van der Waals surface area contributed by atoms with Crippen molar-refractivity contribution in [2.75, 3.05) is 0 Å². The molecule has 0 saturated heterocycles. The topological polar surface area (TPSA) is 39.8 Å². The first-order chi connectivity index (χ1) is 7.07. The molecule has 1 aromatic rings. The fourth-order valence-corrected chi connectivity index (χ4v) is 1.78. The molecule has 0 radical (unpaired) electrons. The Kier molecular flexibility index (Phi) is 4.18. The molecule has 1 rings (SSSR count). The molecule has 0 unspecified atom stereocenters. The third-order valence-electron chi connectivity index (χ3n) is 2.53. The zero-order valence-corrected chi connectivity index (χ0v) is 10.2. The van der Waals surface area contributed by atoms with Gasteiger partial charge in [-0.1, -0.05) is 12.7 Å². The highest BCUT2D eigenvalue weighted by Crippen LogP contribution is 2.03. The van der Waals surface area contributed by atoms with Gasteiger partial charge in [0.05, 0.1) is 0 Å². The lowest BCUT2D eigenvalue weighted by atomic mass is 10.0.